The largest absolute Gasteiger partial charge is 0.468 e. The van der Waals surface area contributed by atoms with E-state index in [1.165, 1.54) is 20.5 Å². The second-order valence-electron chi connectivity index (χ2n) is 3.82. The van der Waals surface area contributed by atoms with Gasteiger partial charge in [-0.05, 0) is 6.42 Å². The summed E-state index contributed by atoms with van der Waals surface area (Å²) in [6.45, 7) is 1.10. The Labute approximate surface area is 115 Å². The molecule has 0 unspecified atom stereocenters. The minimum Gasteiger partial charge on any atom is -0.468 e. The number of esters is 2. The van der Waals surface area contributed by atoms with Crippen LogP contribution in [0.5, 0.6) is 0 Å². The molecule has 0 amide bonds. The van der Waals surface area contributed by atoms with E-state index in [9.17, 15) is 14.0 Å². The number of carbonyl (C=O) groups excluding carboxylic acids is 2. The lowest BCUT2D eigenvalue weighted by Crippen LogP contribution is -2.37. The molecule has 0 aliphatic heterocycles. The van der Waals surface area contributed by atoms with Gasteiger partial charge in [-0.1, -0.05) is 6.92 Å². The van der Waals surface area contributed by atoms with E-state index in [1.807, 2.05) is 0 Å². The summed E-state index contributed by atoms with van der Waals surface area (Å²) in [4.78, 5) is 31.4. The van der Waals surface area contributed by atoms with Crippen molar-refractivity contribution in [3.63, 3.8) is 0 Å². The van der Waals surface area contributed by atoms with Crippen molar-refractivity contribution in [2.75, 3.05) is 32.2 Å². The fourth-order valence-corrected chi connectivity index (χ4v) is 1.51. The van der Waals surface area contributed by atoms with Crippen LogP contribution in [0.3, 0.4) is 0 Å². The van der Waals surface area contributed by atoms with Gasteiger partial charge in [-0.15, -0.1) is 0 Å². The zero-order chi connectivity index (χ0) is 15.1. The highest BCUT2D eigenvalue weighted by atomic mass is 19.1. The second-order valence-corrected chi connectivity index (χ2v) is 3.82. The zero-order valence-corrected chi connectivity index (χ0v) is 11.6. The highest BCUT2D eigenvalue weighted by molar-refractivity contribution is 5.80. The van der Waals surface area contributed by atoms with Crippen LogP contribution in [0.25, 0.3) is 0 Å². The molecule has 0 aliphatic carbocycles. The van der Waals surface area contributed by atoms with Crippen molar-refractivity contribution in [1.29, 1.82) is 0 Å². The van der Waals surface area contributed by atoms with Gasteiger partial charge in [-0.25, -0.2) is 14.4 Å². The van der Waals surface area contributed by atoms with Crippen LogP contribution in [0.2, 0.25) is 0 Å². The molecule has 0 N–H and O–H groups in total. The standard InChI is InChI=1S/C12H16FN3O4/c1-4-8-11(13)12(15-7-14-8)16(5-9(17)19-2)6-10(18)20-3/h7H,4-6H2,1-3H3. The number of hydrogen-bond acceptors (Lipinski definition) is 7. The highest BCUT2D eigenvalue weighted by Gasteiger charge is 2.22. The van der Waals surface area contributed by atoms with Gasteiger partial charge in [0.25, 0.3) is 0 Å². The van der Waals surface area contributed by atoms with E-state index in [-0.39, 0.29) is 24.6 Å². The quantitative estimate of drug-likeness (QED) is 0.697. The Bertz CT molecular complexity index is 478. The number of carbonyl (C=O) groups is 2. The van der Waals surface area contributed by atoms with E-state index in [1.54, 1.807) is 6.92 Å². The smallest absolute Gasteiger partial charge is 0.325 e. The molecular weight excluding hydrogens is 269 g/mol. The Morgan fingerprint density at radius 2 is 1.75 bits per heavy atom. The summed E-state index contributed by atoms with van der Waals surface area (Å²) in [6.07, 6.45) is 1.55. The summed E-state index contributed by atoms with van der Waals surface area (Å²) in [5.74, 6) is -2.04. The molecule has 1 heterocycles. The van der Waals surface area contributed by atoms with Crippen molar-refractivity contribution in [1.82, 2.24) is 9.97 Å². The van der Waals surface area contributed by atoms with E-state index >= 15 is 0 Å². The van der Waals surface area contributed by atoms with Crippen LogP contribution in [0.4, 0.5) is 10.2 Å². The van der Waals surface area contributed by atoms with Gasteiger partial charge in [0, 0.05) is 0 Å². The molecule has 0 spiro atoms. The van der Waals surface area contributed by atoms with Gasteiger partial charge in [0.2, 0.25) is 0 Å². The molecule has 110 valence electrons. The van der Waals surface area contributed by atoms with Crippen LogP contribution in [0.1, 0.15) is 12.6 Å². The molecule has 1 aromatic heterocycles. The van der Waals surface area contributed by atoms with E-state index < -0.39 is 17.8 Å². The fraction of sp³-hybridized carbons (Fsp3) is 0.500. The molecule has 1 aromatic rings. The monoisotopic (exact) mass is 285 g/mol. The summed E-state index contributed by atoms with van der Waals surface area (Å²) in [5, 5.41) is 0. The molecule has 0 radical (unpaired) electrons. The Kier molecular flexibility index (Phi) is 5.82. The molecule has 0 saturated carbocycles. The molecule has 0 aliphatic rings. The first-order chi connectivity index (χ1) is 9.53. The zero-order valence-electron chi connectivity index (χ0n) is 11.6. The Balaban J connectivity index is 3.08. The first kappa shape index (κ1) is 15.8. The van der Waals surface area contributed by atoms with E-state index in [0.717, 1.165) is 4.90 Å². The maximum absolute atomic E-state index is 14.2. The van der Waals surface area contributed by atoms with Gasteiger partial charge in [-0.3, -0.25) is 9.59 Å². The number of halogens is 1. The number of methoxy groups -OCH3 is 2. The number of ether oxygens (including phenoxy) is 2. The molecule has 0 fully saturated rings. The predicted octanol–water partition coefficient (Wildman–Crippen LogP) is 0.330. The van der Waals surface area contributed by atoms with E-state index in [4.69, 9.17) is 0 Å². The van der Waals surface area contributed by atoms with Crippen LogP contribution in [0.15, 0.2) is 6.33 Å². The van der Waals surface area contributed by atoms with Gasteiger partial charge < -0.3 is 14.4 Å². The first-order valence-electron chi connectivity index (χ1n) is 5.91. The van der Waals surface area contributed by atoms with Gasteiger partial charge in [-0.2, -0.15) is 0 Å². The lowest BCUT2D eigenvalue weighted by molar-refractivity contribution is -0.140. The molecule has 0 saturated heterocycles. The summed E-state index contributed by atoms with van der Waals surface area (Å²) in [7, 11) is 2.40. The lowest BCUT2D eigenvalue weighted by Gasteiger charge is -2.21. The predicted molar refractivity (Wildman–Crippen MR) is 67.6 cm³/mol. The number of aromatic nitrogens is 2. The normalized spacial score (nSPS) is 10.0. The summed E-state index contributed by atoms with van der Waals surface area (Å²) in [5.41, 5.74) is 0.203. The summed E-state index contributed by atoms with van der Waals surface area (Å²) in [6, 6.07) is 0. The minimum atomic E-state index is -0.664. The third kappa shape index (κ3) is 3.87. The fourth-order valence-electron chi connectivity index (χ4n) is 1.51. The number of anilines is 1. The molecule has 1 rings (SSSR count). The molecular formula is C12H16FN3O4. The van der Waals surface area contributed by atoms with Gasteiger partial charge in [0.15, 0.2) is 11.6 Å². The van der Waals surface area contributed by atoms with Gasteiger partial charge in [0.1, 0.15) is 19.4 Å². The summed E-state index contributed by atoms with van der Waals surface area (Å²) < 4.78 is 23.2. The van der Waals surface area contributed by atoms with Crippen LogP contribution >= 0.6 is 0 Å². The van der Waals surface area contributed by atoms with Crippen LogP contribution in [-0.2, 0) is 25.5 Å². The van der Waals surface area contributed by atoms with Crippen LogP contribution in [0, 0.1) is 5.82 Å². The summed E-state index contributed by atoms with van der Waals surface area (Å²) >= 11 is 0. The third-order valence-corrected chi connectivity index (χ3v) is 2.57. The molecule has 20 heavy (non-hydrogen) atoms. The lowest BCUT2D eigenvalue weighted by atomic mass is 10.3. The molecule has 0 bridgehead atoms. The molecule has 0 atom stereocenters. The van der Waals surface area contributed by atoms with Crippen molar-refractivity contribution in [3.05, 3.63) is 17.8 Å². The highest BCUT2D eigenvalue weighted by Crippen LogP contribution is 2.18. The van der Waals surface area contributed by atoms with Crippen LogP contribution < -0.4 is 4.90 Å². The SMILES string of the molecule is CCc1ncnc(N(CC(=O)OC)CC(=O)OC)c1F. The van der Waals surface area contributed by atoms with Gasteiger partial charge >= 0.3 is 11.9 Å². The van der Waals surface area contributed by atoms with Crippen molar-refractivity contribution < 1.29 is 23.5 Å². The average Bonchev–Trinajstić information content (AvgIpc) is 2.46. The number of rotatable bonds is 6. The average molecular weight is 285 g/mol. The topological polar surface area (TPSA) is 81.6 Å². The first-order valence-corrected chi connectivity index (χ1v) is 5.91. The minimum absolute atomic E-state index is 0.132. The molecule has 0 aromatic carbocycles. The van der Waals surface area contributed by atoms with Gasteiger partial charge in [0.05, 0.1) is 19.9 Å². The number of hydrogen-bond donors (Lipinski definition) is 0. The maximum Gasteiger partial charge on any atom is 0.325 e. The maximum atomic E-state index is 14.2. The number of nitrogens with zero attached hydrogens (tertiary/aromatic N) is 3. The Hall–Kier alpha value is -2.25. The van der Waals surface area contributed by atoms with Crippen molar-refractivity contribution in [3.8, 4) is 0 Å². The molecule has 7 nitrogen and oxygen atoms in total. The third-order valence-electron chi connectivity index (χ3n) is 2.57. The number of aryl methyl sites for hydroxylation is 1. The Morgan fingerprint density at radius 1 is 1.20 bits per heavy atom. The van der Waals surface area contributed by atoms with Crippen molar-refractivity contribution in [2.24, 2.45) is 0 Å². The van der Waals surface area contributed by atoms with E-state index in [2.05, 4.69) is 19.4 Å². The van der Waals surface area contributed by atoms with Crippen LogP contribution in [-0.4, -0.2) is 49.2 Å². The van der Waals surface area contributed by atoms with Crippen molar-refractivity contribution in [2.45, 2.75) is 13.3 Å². The Morgan fingerprint density at radius 3 is 2.20 bits per heavy atom. The van der Waals surface area contributed by atoms with Crippen molar-refractivity contribution >= 4 is 17.8 Å². The molecule has 8 heteroatoms. The second kappa shape index (κ2) is 7.37. The van der Waals surface area contributed by atoms with E-state index in [0.29, 0.717) is 6.42 Å².